The molecule has 2 nitrogen and oxygen atoms in total. The second kappa shape index (κ2) is 43.0. The molecule has 1 N–H and O–H groups in total. The molecular weight excluding hydrogens is 572 g/mol. The zero-order valence-electron chi connectivity index (χ0n) is 32.2. The second-order valence-corrected chi connectivity index (χ2v) is 14.9. The maximum atomic E-state index is 10.5. The van der Waals surface area contributed by atoms with E-state index in [1.807, 2.05) is 0 Å². The normalized spacial score (nSPS) is 11.9. The summed E-state index contributed by atoms with van der Waals surface area (Å²) in [4.78, 5) is 10.5. The van der Waals surface area contributed by atoms with Crippen LogP contribution in [0.15, 0.2) is 24.3 Å². The third kappa shape index (κ3) is 44.9. The van der Waals surface area contributed by atoms with Crippen LogP contribution >= 0.6 is 0 Å². The van der Waals surface area contributed by atoms with E-state index in [4.69, 9.17) is 5.11 Å². The first-order valence-electron chi connectivity index (χ1n) is 21.8. The summed E-state index contributed by atoms with van der Waals surface area (Å²) < 4.78 is 0. The van der Waals surface area contributed by atoms with Crippen LogP contribution in [0.2, 0.25) is 0 Å². The minimum absolute atomic E-state index is 0.345. The molecule has 0 fully saturated rings. The molecule has 0 aromatic carbocycles. The van der Waals surface area contributed by atoms with E-state index in [1.165, 1.54) is 231 Å². The van der Waals surface area contributed by atoms with Crippen molar-refractivity contribution in [1.82, 2.24) is 0 Å². The standard InChI is InChI=1S/C45H86O2/c1-2-3-4-5-6-7-8-9-10-11-12-13-14-15-16-17-18-19-20-21-22-23-24-25-26-27-28-29-30-31-32-33-34-35-36-37-38-39-40-41-42-43-44-45(46)47/h3-4,14-15H,2,5-13,16-44H2,1H3,(H,46,47)/b4-3+,15-14+. The number of aliphatic carboxylic acids is 1. The summed E-state index contributed by atoms with van der Waals surface area (Å²) >= 11 is 0. The highest BCUT2D eigenvalue weighted by atomic mass is 16.4. The maximum Gasteiger partial charge on any atom is 0.303 e. The molecule has 0 aromatic heterocycles. The molecule has 0 aromatic rings. The lowest BCUT2D eigenvalue weighted by atomic mass is 10.0. The molecule has 0 amide bonds. The Labute approximate surface area is 296 Å². The van der Waals surface area contributed by atoms with E-state index in [-0.39, 0.29) is 0 Å². The molecule has 0 aliphatic rings. The van der Waals surface area contributed by atoms with Crippen molar-refractivity contribution < 1.29 is 9.90 Å². The number of allylic oxidation sites excluding steroid dienone is 4. The summed E-state index contributed by atoms with van der Waals surface area (Å²) in [5.74, 6) is -0.648. The Bertz CT molecular complexity index is 636. The highest BCUT2D eigenvalue weighted by Crippen LogP contribution is 2.17. The van der Waals surface area contributed by atoms with Gasteiger partial charge >= 0.3 is 5.97 Å². The average molecular weight is 659 g/mol. The van der Waals surface area contributed by atoms with Gasteiger partial charge in [-0.1, -0.05) is 224 Å². The van der Waals surface area contributed by atoms with Crippen LogP contribution in [-0.2, 0) is 4.79 Å². The maximum absolute atomic E-state index is 10.5. The average Bonchev–Trinajstić information content (AvgIpc) is 3.07. The van der Waals surface area contributed by atoms with Crippen molar-refractivity contribution in [2.24, 2.45) is 0 Å². The fraction of sp³-hybridized carbons (Fsp3) is 0.889. The summed E-state index contributed by atoms with van der Waals surface area (Å²) in [5, 5.41) is 8.65. The van der Waals surface area contributed by atoms with Crippen LogP contribution in [0.25, 0.3) is 0 Å². The molecule has 0 saturated carbocycles. The molecule has 0 atom stereocenters. The molecule has 2 heteroatoms. The number of carbonyl (C=O) groups is 1. The summed E-state index contributed by atoms with van der Waals surface area (Å²) in [6.45, 7) is 2.22. The SMILES string of the molecule is CC/C=C/CCCCCCCCC/C=C/CCCCCCCCCCCCCCCCCCCCCCCCCCCCCC(=O)O. The number of hydrogen-bond donors (Lipinski definition) is 1. The van der Waals surface area contributed by atoms with Gasteiger partial charge < -0.3 is 5.11 Å². The molecule has 0 heterocycles. The Hall–Kier alpha value is -1.05. The van der Waals surface area contributed by atoms with Crippen molar-refractivity contribution in [3.05, 3.63) is 24.3 Å². The summed E-state index contributed by atoms with van der Waals surface area (Å²) in [5.41, 5.74) is 0. The lowest BCUT2D eigenvalue weighted by Gasteiger charge is -2.04. The molecular formula is C45H86O2. The van der Waals surface area contributed by atoms with Gasteiger partial charge in [0.2, 0.25) is 0 Å². The van der Waals surface area contributed by atoms with Gasteiger partial charge in [0.25, 0.3) is 0 Å². The largest absolute Gasteiger partial charge is 0.481 e. The molecule has 0 spiro atoms. The van der Waals surface area contributed by atoms with Crippen molar-refractivity contribution >= 4 is 5.97 Å². The molecule has 0 aliphatic heterocycles. The van der Waals surface area contributed by atoms with Gasteiger partial charge in [0, 0.05) is 6.42 Å². The third-order valence-corrected chi connectivity index (χ3v) is 10.1. The quantitative estimate of drug-likeness (QED) is 0.0524. The molecule has 0 aliphatic carbocycles. The van der Waals surface area contributed by atoms with Gasteiger partial charge in [-0.05, 0) is 51.4 Å². The van der Waals surface area contributed by atoms with Crippen LogP contribution in [-0.4, -0.2) is 11.1 Å². The number of rotatable bonds is 41. The number of carboxylic acid groups (broad SMARTS) is 1. The van der Waals surface area contributed by atoms with Crippen LogP contribution in [0, 0.1) is 0 Å². The minimum Gasteiger partial charge on any atom is -0.481 e. The van der Waals surface area contributed by atoms with Crippen LogP contribution in [0.3, 0.4) is 0 Å². The van der Waals surface area contributed by atoms with Crippen LogP contribution in [0.1, 0.15) is 257 Å². The van der Waals surface area contributed by atoms with E-state index in [2.05, 4.69) is 31.2 Å². The molecule has 278 valence electrons. The summed E-state index contributed by atoms with van der Waals surface area (Å²) in [6, 6.07) is 0. The lowest BCUT2D eigenvalue weighted by molar-refractivity contribution is -0.137. The molecule has 0 radical (unpaired) electrons. The number of hydrogen-bond acceptors (Lipinski definition) is 1. The van der Waals surface area contributed by atoms with Gasteiger partial charge in [-0.15, -0.1) is 0 Å². The first-order valence-corrected chi connectivity index (χ1v) is 21.8. The Morgan fingerprint density at radius 1 is 0.319 bits per heavy atom. The first-order chi connectivity index (χ1) is 23.3. The third-order valence-electron chi connectivity index (χ3n) is 10.1. The predicted molar refractivity (Wildman–Crippen MR) is 212 cm³/mol. The minimum atomic E-state index is -0.648. The van der Waals surface area contributed by atoms with Gasteiger partial charge in [0.05, 0.1) is 0 Å². The van der Waals surface area contributed by atoms with Gasteiger partial charge in [-0.2, -0.15) is 0 Å². The van der Waals surface area contributed by atoms with E-state index in [9.17, 15) is 4.79 Å². The van der Waals surface area contributed by atoms with Gasteiger partial charge in [-0.25, -0.2) is 0 Å². The van der Waals surface area contributed by atoms with Crippen LogP contribution in [0.5, 0.6) is 0 Å². The fourth-order valence-corrected chi connectivity index (χ4v) is 6.89. The molecule has 0 bridgehead atoms. The summed E-state index contributed by atoms with van der Waals surface area (Å²) in [6.07, 6.45) is 62.5. The van der Waals surface area contributed by atoms with E-state index < -0.39 is 5.97 Å². The van der Waals surface area contributed by atoms with Gasteiger partial charge in [-0.3, -0.25) is 4.79 Å². The fourth-order valence-electron chi connectivity index (χ4n) is 6.89. The van der Waals surface area contributed by atoms with Gasteiger partial charge in [0.15, 0.2) is 0 Å². The van der Waals surface area contributed by atoms with Crippen LogP contribution < -0.4 is 0 Å². The van der Waals surface area contributed by atoms with Crippen molar-refractivity contribution in [2.45, 2.75) is 257 Å². The lowest BCUT2D eigenvalue weighted by Crippen LogP contribution is -1.93. The second-order valence-electron chi connectivity index (χ2n) is 14.9. The molecule has 0 rings (SSSR count). The monoisotopic (exact) mass is 659 g/mol. The van der Waals surface area contributed by atoms with Crippen molar-refractivity contribution in [3.8, 4) is 0 Å². The van der Waals surface area contributed by atoms with Crippen molar-refractivity contribution in [3.63, 3.8) is 0 Å². The highest BCUT2D eigenvalue weighted by Gasteiger charge is 1.98. The molecule has 0 unspecified atom stereocenters. The molecule has 0 saturated heterocycles. The van der Waals surface area contributed by atoms with Crippen molar-refractivity contribution in [2.75, 3.05) is 0 Å². The Morgan fingerprint density at radius 2 is 0.511 bits per heavy atom. The van der Waals surface area contributed by atoms with E-state index >= 15 is 0 Å². The van der Waals surface area contributed by atoms with Crippen molar-refractivity contribution in [1.29, 1.82) is 0 Å². The predicted octanol–water partition coefficient (Wildman–Crippen LogP) is 16.4. The number of unbranched alkanes of at least 4 members (excludes halogenated alkanes) is 35. The van der Waals surface area contributed by atoms with Gasteiger partial charge in [0.1, 0.15) is 0 Å². The van der Waals surface area contributed by atoms with E-state index in [1.54, 1.807) is 0 Å². The summed E-state index contributed by atoms with van der Waals surface area (Å²) in [7, 11) is 0. The highest BCUT2D eigenvalue weighted by molar-refractivity contribution is 5.66. The zero-order chi connectivity index (χ0) is 34.0. The van der Waals surface area contributed by atoms with E-state index in [0.29, 0.717) is 6.42 Å². The van der Waals surface area contributed by atoms with E-state index in [0.717, 1.165) is 12.8 Å². The van der Waals surface area contributed by atoms with Crippen LogP contribution in [0.4, 0.5) is 0 Å². The Morgan fingerprint density at radius 3 is 0.723 bits per heavy atom. The first kappa shape index (κ1) is 46.0. The topological polar surface area (TPSA) is 37.3 Å². The Kier molecular flexibility index (Phi) is 42.0. The smallest absolute Gasteiger partial charge is 0.303 e. The zero-order valence-corrected chi connectivity index (χ0v) is 32.2. The Balaban J connectivity index is 3.09. The number of carboxylic acids is 1. The molecule has 47 heavy (non-hydrogen) atoms.